The SMILES string of the molecule is CCCCCCCCC(CCCCCCc1c(F)c(F)c(F)c(F)c1F)C(OC)(OC)OCC. The zero-order valence-corrected chi connectivity index (χ0v) is 21.1. The van der Waals surface area contributed by atoms with Crippen molar-refractivity contribution in [3.05, 3.63) is 34.6 Å². The van der Waals surface area contributed by atoms with E-state index in [0.717, 1.165) is 38.5 Å². The van der Waals surface area contributed by atoms with Gasteiger partial charge in [-0.25, -0.2) is 22.0 Å². The Balaban J connectivity index is 2.60. The summed E-state index contributed by atoms with van der Waals surface area (Å²) < 4.78 is 84.7. The van der Waals surface area contributed by atoms with E-state index in [9.17, 15) is 22.0 Å². The first-order chi connectivity index (χ1) is 16.3. The molecule has 1 aromatic rings. The van der Waals surface area contributed by atoms with E-state index in [-0.39, 0.29) is 12.3 Å². The molecule has 1 rings (SSSR count). The smallest absolute Gasteiger partial charge is 0.285 e. The largest absolute Gasteiger partial charge is 0.331 e. The van der Waals surface area contributed by atoms with Gasteiger partial charge >= 0.3 is 0 Å². The molecule has 0 N–H and O–H groups in total. The highest BCUT2D eigenvalue weighted by molar-refractivity contribution is 5.24. The quantitative estimate of drug-likeness (QED) is 0.0635. The summed E-state index contributed by atoms with van der Waals surface area (Å²) in [4.78, 5) is 0. The monoisotopic (exact) mass is 496 g/mol. The van der Waals surface area contributed by atoms with E-state index in [0.29, 0.717) is 19.4 Å². The van der Waals surface area contributed by atoms with Gasteiger partial charge in [-0.3, -0.25) is 0 Å². The molecule has 0 bridgehead atoms. The third-order valence-electron chi connectivity index (χ3n) is 6.35. The molecular weight excluding hydrogens is 455 g/mol. The third kappa shape index (κ3) is 8.76. The summed E-state index contributed by atoms with van der Waals surface area (Å²) >= 11 is 0. The molecule has 1 aromatic carbocycles. The highest BCUT2D eigenvalue weighted by atomic mass is 19.2. The molecule has 3 nitrogen and oxygen atoms in total. The molecule has 0 radical (unpaired) electrons. The van der Waals surface area contributed by atoms with Crippen LogP contribution in [0.4, 0.5) is 22.0 Å². The van der Waals surface area contributed by atoms with Crippen LogP contribution in [-0.4, -0.2) is 26.8 Å². The molecule has 1 unspecified atom stereocenters. The molecule has 34 heavy (non-hydrogen) atoms. The number of hydrogen-bond acceptors (Lipinski definition) is 3. The van der Waals surface area contributed by atoms with Crippen molar-refractivity contribution in [3.8, 4) is 0 Å². The molecule has 0 aromatic heterocycles. The topological polar surface area (TPSA) is 27.7 Å². The van der Waals surface area contributed by atoms with Crippen molar-refractivity contribution in [2.75, 3.05) is 20.8 Å². The Morgan fingerprint density at radius 2 is 1.06 bits per heavy atom. The molecule has 0 aliphatic carbocycles. The number of methoxy groups -OCH3 is 2. The van der Waals surface area contributed by atoms with Crippen molar-refractivity contribution in [3.63, 3.8) is 0 Å². The number of rotatable bonds is 19. The van der Waals surface area contributed by atoms with Crippen LogP contribution >= 0.6 is 0 Å². The Morgan fingerprint density at radius 1 is 0.618 bits per heavy atom. The molecule has 0 amide bonds. The maximum atomic E-state index is 13.8. The van der Waals surface area contributed by atoms with Crippen LogP contribution in [0.5, 0.6) is 0 Å². The minimum atomic E-state index is -2.12. The van der Waals surface area contributed by atoms with E-state index in [2.05, 4.69) is 6.92 Å². The highest BCUT2D eigenvalue weighted by Crippen LogP contribution is 2.34. The second kappa shape index (κ2) is 16.4. The van der Waals surface area contributed by atoms with Gasteiger partial charge in [-0.15, -0.1) is 0 Å². The van der Waals surface area contributed by atoms with Crippen LogP contribution in [0.2, 0.25) is 0 Å². The second-order valence-electron chi connectivity index (χ2n) is 8.70. The van der Waals surface area contributed by atoms with Gasteiger partial charge in [-0.2, -0.15) is 0 Å². The molecule has 0 saturated heterocycles. The average Bonchev–Trinajstić information content (AvgIpc) is 2.84. The molecule has 8 heteroatoms. The molecule has 0 heterocycles. The van der Waals surface area contributed by atoms with Gasteiger partial charge in [0.1, 0.15) is 0 Å². The van der Waals surface area contributed by atoms with E-state index in [1.54, 1.807) is 14.2 Å². The summed E-state index contributed by atoms with van der Waals surface area (Å²) in [6.07, 6.45) is 11.0. The summed E-state index contributed by atoms with van der Waals surface area (Å²) in [5.41, 5.74) is -0.744. The first-order valence-electron chi connectivity index (χ1n) is 12.5. The highest BCUT2D eigenvalue weighted by Gasteiger charge is 2.39. The standard InChI is InChI=1S/C26H41F5O3/c1-5-7-8-9-10-13-16-19(26(32-3,33-4)34-6-2)17-14-11-12-15-18-20-21(27)23(29)25(31)24(30)22(20)28/h19H,5-18H2,1-4H3. The molecule has 1 atom stereocenters. The Hall–Kier alpha value is -1.25. The lowest BCUT2D eigenvalue weighted by Crippen LogP contribution is -2.45. The molecule has 0 saturated carbocycles. The van der Waals surface area contributed by atoms with Crippen LogP contribution in [0.3, 0.4) is 0 Å². The Bertz CT molecular complexity index is 681. The summed E-state index contributed by atoms with van der Waals surface area (Å²) in [6.45, 7) is 4.51. The first kappa shape index (κ1) is 30.8. The lowest BCUT2D eigenvalue weighted by Gasteiger charge is -2.37. The van der Waals surface area contributed by atoms with Crippen molar-refractivity contribution in [1.29, 1.82) is 0 Å². The summed E-state index contributed by atoms with van der Waals surface area (Å²) in [5, 5.41) is 0. The maximum absolute atomic E-state index is 13.8. The number of benzene rings is 1. The number of ether oxygens (including phenoxy) is 3. The van der Waals surface area contributed by atoms with Gasteiger partial charge in [-0.05, 0) is 32.6 Å². The van der Waals surface area contributed by atoms with Gasteiger partial charge in [0.25, 0.3) is 5.97 Å². The number of unbranched alkanes of at least 4 members (excludes halogenated alkanes) is 8. The van der Waals surface area contributed by atoms with Crippen LogP contribution in [0, 0.1) is 35.0 Å². The van der Waals surface area contributed by atoms with Crippen LogP contribution in [0.25, 0.3) is 0 Å². The van der Waals surface area contributed by atoms with Crippen molar-refractivity contribution >= 4 is 0 Å². The molecule has 0 fully saturated rings. The lowest BCUT2D eigenvalue weighted by molar-refractivity contribution is -0.388. The van der Waals surface area contributed by atoms with Gasteiger partial charge in [0, 0.05) is 32.3 Å². The number of halogens is 5. The van der Waals surface area contributed by atoms with Gasteiger partial charge < -0.3 is 14.2 Å². The van der Waals surface area contributed by atoms with Crippen LogP contribution < -0.4 is 0 Å². The Labute approximate surface area is 201 Å². The maximum Gasteiger partial charge on any atom is 0.285 e. The minimum Gasteiger partial charge on any atom is -0.331 e. The molecule has 0 aliphatic rings. The van der Waals surface area contributed by atoms with E-state index < -0.39 is 40.6 Å². The van der Waals surface area contributed by atoms with Crippen LogP contribution in [-0.2, 0) is 20.6 Å². The minimum absolute atomic E-state index is 0.0174. The van der Waals surface area contributed by atoms with E-state index in [4.69, 9.17) is 14.2 Å². The van der Waals surface area contributed by atoms with Gasteiger partial charge in [0.15, 0.2) is 23.3 Å². The molecular formula is C26H41F5O3. The van der Waals surface area contributed by atoms with E-state index >= 15 is 0 Å². The van der Waals surface area contributed by atoms with Crippen LogP contribution in [0.15, 0.2) is 0 Å². The third-order valence-corrected chi connectivity index (χ3v) is 6.35. The van der Waals surface area contributed by atoms with Gasteiger partial charge in [0.05, 0.1) is 0 Å². The summed E-state index contributed by atoms with van der Waals surface area (Å²) in [5.74, 6) is -10.5. The molecule has 0 aliphatic heterocycles. The lowest BCUT2D eigenvalue weighted by atomic mass is 9.91. The van der Waals surface area contributed by atoms with Crippen molar-refractivity contribution in [1.82, 2.24) is 0 Å². The number of hydrogen-bond donors (Lipinski definition) is 0. The molecule has 198 valence electrons. The fourth-order valence-corrected chi connectivity index (χ4v) is 4.44. The van der Waals surface area contributed by atoms with Gasteiger partial charge in [-0.1, -0.05) is 64.7 Å². The predicted molar refractivity (Wildman–Crippen MR) is 123 cm³/mol. The summed E-state index contributed by atoms with van der Waals surface area (Å²) in [6, 6.07) is 0. The second-order valence-corrected chi connectivity index (χ2v) is 8.70. The zero-order chi connectivity index (χ0) is 25.6. The Kier molecular flexibility index (Phi) is 14.9. The van der Waals surface area contributed by atoms with Crippen molar-refractivity contribution < 1.29 is 36.2 Å². The van der Waals surface area contributed by atoms with E-state index in [1.807, 2.05) is 6.92 Å². The van der Waals surface area contributed by atoms with Crippen molar-refractivity contribution in [2.24, 2.45) is 5.92 Å². The fourth-order valence-electron chi connectivity index (χ4n) is 4.44. The first-order valence-corrected chi connectivity index (χ1v) is 12.5. The normalized spacial score (nSPS) is 13.0. The summed E-state index contributed by atoms with van der Waals surface area (Å²) in [7, 11) is 3.13. The zero-order valence-electron chi connectivity index (χ0n) is 21.1. The fraction of sp³-hybridized carbons (Fsp3) is 0.769. The molecule has 0 spiro atoms. The van der Waals surface area contributed by atoms with Crippen LogP contribution in [0.1, 0.15) is 96.5 Å². The van der Waals surface area contributed by atoms with E-state index in [1.165, 1.54) is 25.7 Å². The Morgan fingerprint density at radius 3 is 1.53 bits per heavy atom. The average molecular weight is 497 g/mol. The van der Waals surface area contributed by atoms with Crippen molar-refractivity contribution in [2.45, 2.75) is 103 Å². The predicted octanol–water partition coefficient (Wildman–Crippen LogP) is 8.23. The van der Waals surface area contributed by atoms with Gasteiger partial charge in [0.2, 0.25) is 5.82 Å².